The van der Waals surface area contributed by atoms with Gasteiger partial charge in [-0.3, -0.25) is 9.59 Å². The van der Waals surface area contributed by atoms with E-state index in [1.165, 1.54) is 20.3 Å². The van der Waals surface area contributed by atoms with Crippen LogP contribution in [0.4, 0.5) is 0 Å². The molecule has 3 aromatic carbocycles. The van der Waals surface area contributed by atoms with Crippen LogP contribution in [0.1, 0.15) is 41.5 Å². The minimum absolute atomic E-state index is 0.124. The number of ether oxygens (including phenoxy) is 4. The smallest absolute Gasteiger partial charge is 0.331 e. The Hall–Kier alpha value is -4.92. The first kappa shape index (κ1) is 29.1. The van der Waals surface area contributed by atoms with Crippen molar-refractivity contribution in [3.63, 3.8) is 0 Å². The molecule has 0 fully saturated rings. The minimum Gasteiger partial charge on any atom is -0.489 e. The molecule has 0 aliphatic carbocycles. The zero-order chi connectivity index (χ0) is 29.1. The van der Waals surface area contributed by atoms with E-state index in [0.717, 1.165) is 11.1 Å². The molecular formula is C32H31NO8. The van der Waals surface area contributed by atoms with Gasteiger partial charge in [0.05, 0.1) is 32.8 Å². The average Bonchev–Trinajstić information content (AvgIpc) is 3.41. The van der Waals surface area contributed by atoms with Crippen molar-refractivity contribution in [3.8, 4) is 5.75 Å². The number of oxime groups is 1. The highest BCUT2D eigenvalue weighted by molar-refractivity contribution is 6.06. The molecular weight excluding hydrogens is 526 g/mol. The second kappa shape index (κ2) is 13.9. The molecule has 0 unspecified atom stereocenters. The van der Waals surface area contributed by atoms with Crippen molar-refractivity contribution in [1.82, 2.24) is 0 Å². The van der Waals surface area contributed by atoms with Crippen LogP contribution < -0.4 is 4.74 Å². The van der Waals surface area contributed by atoms with Crippen LogP contribution in [0.15, 0.2) is 90.1 Å². The molecule has 9 nitrogen and oxygen atoms in total. The number of benzene rings is 3. The predicted octanol–water partition coefficient (Wildman–Crippen LogP) is 5.01. The van der Waals surface area contributed by atoms with Crippen molar-refractivity contribution >= 4 is 29.7 Å². The number of carbonyl (C=O) groups is 3. The third kappa shape index (κ3) is 8.28. The molecule has 0 bridgehead atoms. The Kier molecular flexibility index (Phi) is 9.88. The highest BCUT2D eigenvalue weighted by Gasteiger charge is 2.44. The fourth-order valence-electron chi connectivity index (χ4n) is 4.28. The van der Waals surface area contributed by atoms with Gasteiger partial charge >= 0.3 is 17.9 Å². The van der Waals surface area contributed by atoms with Crippen molar-refractivity contribution in [2.75, 3.05) is 14.2 Å². The maximum absolute atomic E-state index is 12.5. The van der Waals surface area contributed by atoms with Crippen molar-refractivity contribution in [1.29, 1.82) is 0 Å². The first-order valence-corrected chi connectivity index (χ1v) is 13.0. The molecule has 1 heterocycles. The Bertz CT molecular complexity index is 1400. The summed E-state index contributed by atoms with van der Waals surface area (Å²) < 4.78 is 21.0. The fraction of sp³-hybridized carbons (Fsp3) is 0.250. The normalized spacial score (nSPS) is 13.7. The van der Waals surface area contributed by atoms with Crippen LogP contribution in [0, 0.1) is 0 Å². The third-order valence-corrected chi connectivity index (χ3v) is 6.43. The maximum Gasteiger partial charge on any atom is 0.331 e. The summed E-state index contributed by atoms with van der Waals surface area (Å²) in [5, 5.41) is 4.25. The van der Waals surface area contributed by atoms with Gasteiger partial charge in [-0.25, -0.2) is 4.79 Å². The number of methoxy groups -OCH3 is 2. The molecule has 41 heavy (non-hydrogen) atoms. The number of hydrogen-bond donors (Lipinski definition) is 0. The van der Waals surface area contributed by atoms with Crippen LogP contribution >= 0.6 is 0 Å². The molecule has 0 radical (unpaired) electrons. The molecule has 1 aliphatic rings. The van der Waals surface area contributed by atoms with Gasteiger partial charge < -0.3 is 23.8 Å². The van der Waals surface area contributed by atoms with E-state index in [9.17, 15) is 14.4 Å². The van der Waals surface area contributed by atoms with Gasteiger partial charge in [0.2, 0.25) is 0 Å². The van der Waals surface area contributed by atoms with Gasteiger partial charge in [-0.15, -0.1) is 0 Å². The second-order valence-electron chi connectivity index (χ2n) is 9.44. The van der Waals surface area contributed by atoms with E-state index >= 15 is 0 Å². The Balaban J connectivity index is 1.57. The third-order valence-electron chi connectivity index (χ3n) is 6.43. The molecule has 0 spiro atoms. The number of rotatable bonds is 12. The van der Waals surface area contributed by atoms with Gasteiger partial charge in [-0.1, -0.05) is 71.9 Å². The fourth-order valence-corrected chi connectivity index (χ4v) is 4.28. The molecule has 3 aromatic rings. The van der Waals surface area contributed by atoms with Gasteiger partial charge in [-0.2, -0.15) is 0 Å². The van der Waals surface area contributed by atoms with E-state index in [0.29, 0.717) is 29.2 Å². The average molecular weight is 558 g/mol. The topological polar surface area (TPSA) is 110 Å². The lowest BCUT2D eigenvalue weighted by Crippen LogP contribution is -2.36. The summed E-state index contributed by atoms with van der Waals surface area (Å²) in [7, 11) is 2.52. The highest BCUT2D eigenvalue weighted by Crippen LogP contribution is 2.36. The quantitative estimate of drug-likeness (QED) is 0.174. The second-order valence-corrected chi connectivity index (χ2v) is 9.44. The SMILES string of the molecule is COC(=O)CC1(CC(=O)OC)CC(c2cc(OCc3ccccc3)ccc2/C=C/C(=O)OCc2ccccc2)=NO1. The van der Waals surface area contributed by atoms with Gasteiger partial charge in [0.25, 0.3) is 0 Å². The van der Waals surface area contributed by atoms with E-state index < -0.39 is 23.5 Å². The Morgan fingerprint density at radius 3 is 2.07 bits per heavy atom. The van der Waals surface area contributed by atoms with Crippen molar-refractivity contribution in [2.45, 2.75) is 38.1 Å². The monoisotopic (exact) mass is 557 g/mol. The van der Waals surface area contributed by atoms with E-state index in [1.807, 2.05) is 60.7 Å². The molecule has 4 rings (SSSR count). The first-order valence-electron chi connectivity index (χ1n) is 13.0. The van der Waals surface area contributed by atoms with Gasteiger partial charge in [0.1, 0.15) is 19.0 Å². The van der Waals surface area contributed by atoms with Crippen LogP contribution in [-0.2, 0) is 46.6 Å². The van der Waals surface area contributed by atoms with Gasteiger partial charge in [0.15, 0.2) is 5.60 Å². The summed E-state index contributed by atoms with van der Waals surface area (Å²) in [6.07, 6.45) is 2.67. The summed E-state index contributed by atoms with van der Waals surface area (Å²) in [5.74, 6) is -1.05. The summed E-state index contributed by atoms with van der Waals surface area (Å²) in [5.41, 5.74) is 2.32. The van der Waals surface area contributed by atoms with Crippen molar-refractivity contribution in [3.05, 3.63) is 107 Å². The van der Waals surface area contributed by atoms with Crippen LogP contribution in [0.3, 0.4) is 0 Å². The minimum atomic E-state index is -1.27. The molecule has 0 N–H and O–H groups in total. The lowest BCUT2D eigenvalue weighted by atomic mass is 9.87. The summed E-state index contributed by atoms with van der Waals surface area (Å²) in [4.78, 5) is 42.5. The number of hydrogen-bond acceptors (Lipinski definition) is 9. The lowest BCUT2D eigenvalue weighted by molar-refractivity contribution is -0.155. The number of carbonyl (C=O) groups excluding carboxylic acids is 3. The Labute approximate surface area is 238 Å². The van der Waals surface area contributed by atoms with Crippen molar-refractivity contribution < 1.29 is 38.2 Å². The molecule has 9 heteroatoms. The standard InChI is InChI=1S/C32H31NO8/c1-37-30(35)19-32(20-31(36)38-2)18-28(33-41-32)27-17-26(39-21-23-9-5-3-6-10-23)15-13-25(27)14-16-29(34)40-22-24-11-7-4-8-12-24/h3-17H,18-22H2,1-2H3/b16-14+. The molecule has 0 atom stereocenters. The maximum atomic E-state index is 12.5. The largest absolute Gasteiger partial charge is 0.489 e. The zero-order valence-corrected chi connectivity index (χ0v) is 22.9. The predicted molar refractivity (Wildman–Crippen MR) is 151 cm³/mol. The molecule has 0 amide bonds. The number of nitrogens with zero attached hydrogens (tertiary/aromatic N) is 1. The summed E-state index contributed by atoms with van der Waals surface area (Å²) >= 11 is 0. The van der Waals surface area contributed by atoms with Gasteiger partial charge in [0, 0.05) is 18.1 Å². The molecule has 0 aromatic heterocycles. The summed E-state index contributed by atoms with van der Waals surface area (Å²) in [6.45, 7) is 0.492. The Morgan fingerprint density at radius 2 is 1.46 bits per heavy atom. The lowest BCUT2D eigenvalue weighted by Gasteiger charge is -2.24. The summed E-state index contributed by atoms with van der Waals surface area (Å²) in [6, 6.07) is 24.5. The number of esters is 3. The molecule has 1 aliphatic heterocycles. The van der Waals surface area contributed by atoms with Crippen LogP contribution in [0.2, 0.25) is 0 Å². The van der Waals surface area contributed by atoms with Gasteiger partial charge in [-0.05, 0) is 34.9 Å². The van der Waals surface area contributed by atoms with Crippen molar-refractivity contribution in [2.24, 2.45) is 5.16 Å². The Morgan fingerprint density at radius 1 is 0.854 bits per heavy atom. The van der Waals surface area contributed by atoms with E-state index in [2.05, 4.69) is 5.16 Å². The van der Waals surface area contributed by atoms with E-state index in [1.54, 1.807) is 24.3 Å². The van der Waals surface area contributed by atoms with Crippen LogP contribution in [0.25, 0.3) is 6.08 Å². The molecule has 0 saturated heterocycles. The zero-order valence-electron chi connectivity index (χ0n) is 22.9. The van der Waals surface area contributed by atoms with Crippen LogP contribution in [-0.4, -0.2) is 43.4 Å². The van der Waals surface area contributed by atoms with Crippen LogP contribution in [0.5, 0.6) is 5.75 Å². The molecule has 0 saturated carbocycles. The van der Waals surface area contributed by atoms with E-state index in [-0.39, 0.29) is 25.9 Å². The van der Waals surface area contributed by atoms with E-state index in [4.69, 9.17) is 23.8 Å². The highest BCUT2D eigenvalue weighted by atomic mass is 16.7. The molecule has 212 valence electrons. The first-order chi connectivity index (χ1) is 19.9.